The second kappa shape index (κ2) is 11.3. The number of hydrogen-bond acceptors (Lipinski definition) is 7. The van der Waals surface area contributed by atoms with Crippen LogP contribution in [0.2, 0.25) is 5.02 Å². The number of likely N-dealkylation sites (N-methyl/N-ethyl adjacent to an activating group) is 1. The number of halogens is 1. The number of carbonyl (C=O) groups is 1. The van der Waals surface area contributed by atoms with Crippen molar-refractivity contribution in [2.24, 2.45) is 0 Å². The van der Waals surface area contributed by atoms with Crippen LogP contribution in [0, 0.1) is 0 Å². The highest BCUT2D eigenvalue weighted by Crippen LogP contribution is 2.18. The van der Waals surface area contributed by atoms with Crippen LogP contribution in [-0.2, 0) is 14.8 Å². The predicted molar refractivity (Wildman–Crippen MR) is 131 cm³/mol. The Morgan fingerprint density at radius 1 is 1.16 bits per heavy atom. The molecular weight excluding hydrogens is 470 g/mol. The molecule has 11 heteroatoms. The number of benzene rings is 1. The van der Waals surface area contributed by atoms with Gasteiger partial charge in [0.2, 0.25) is 15.9 Å². The van der Waals surface area contributed by atoms with Gasteiger partial charge < -0.3 is 15.1 Å². The first kappa shape index (κ1) is 24.8. The van der Waals surface area contributed by atoms with Crippen LogP contribution in [0.25, 0.3) is 0 Å². The molecular formula is C21H28ClN5O3S2. The summed E-state index contributed by atoms with van der Waals surface area (Å²) in [6.07, 6.45) is 3.86. The minimum Gasteiger partial charge on any atom is -0.354 e. The molecule has 0 spiro atoms. The number of nitrogens with zero attached hydrogens (tertiary/aromatic N) is 3. The molecule has 0 aliphatic carbocycles. The van der Waals surface area contributed by atoms with E-state index < -0.39 is 22.0 Å². The van der Waals surface area contributed by atoms with Crippen molar-refractivity contribution in [3.8, 4) is 0 Å². The number of anilines is 2. The van der Waals surface area contributed by atoms with E-state index >= 15 is 0 Å². The predicted octanol–water partition coefficient (Wildman–Crippen LogP) is 2.53. The van der Waals surface area contributed by atoms with Gasteiger partial charge in [0.05, 0.1) is 16.8 Å². The first-order valence-corrected chi connectivity index (χ1v) is 13.5. The molecule has 1 amide bonds. The summed E-state index contributed by atoms with van der Waals surface area (Å²) in [6.45, 7) is 3.76. The van der Waals surface area contributed by atoms with Gasteiger partial charge in [0.1, 0.15) is 11.9 Å². The van der Waals surface area contributed by atoms with Crippen molar-refractivity contribution in [3.63, 3.8) is 0 Å². The third kappa shape index (κ3) is 6.82. The standard InChI is InChI=1S/C21H28ClN5O3S2/c1-26-10-12-27(13-11-26)20-8-5-17(15-23-20)24-21(28)19(9-14-31-2)25-32(29,30)18-6-3-16(22)4-7-18/h3-8,15,19,25H,9-14H2,1-2H3,(H,24,28). The molecule has 0 radical (unpaired) electrons. The van der Waals surface area contributed by atoms with Crippen LogP contribution in [0.3, 0.4) is 0 Å². The fraction of sp³-hybridized carbons (Fsp3) is 0.429. The first-order valence-electron chi connectivity index (χ1n) is 10.3. The average molecular weight is 498 g/mol. The van der Waals surface area contributed by atoms with Crippen molar-refractivity contribution in [1.82, 2.24) is 14.6 Å². The van der Waals surface area contributed by atoms with Gasteiger partial charge in [-0.2, -0.15) is 16.5 Å². The topological polar surface area (TPSA) is 94.6 Å². The third-order valence-corrected chi connectivity index (χ3v) is 7.57. The van der Waals surface area contributed by atoms with Crippen LogP contribution in [0.15, 0.2) is 47.5 Å². The number of carbonyl (C=O) groups excluding carboxylic acids is 1. The van der Waals surface area contributed by atoms with E-state index in [0.29, 0.717) is 22.9 Å². The quantitative estimate of drug-likeness (QED) is 0.549. The number of aromatic nitrogens is 1. The molecule has 1 aliphatic heterocycles. The Morgan fingerprint density at radius 2 is 1.84 bits per heavy atom. The van der Waals surface area contributed by atoms with Gasteiger partial charge in [0.15, 0.2) is 0 Å². The molecule has 1 aromatic carbocycles. The molecule has 2 heterocycles. The van der Waals surface area contributed by atoms with E-state index in [1.165, 1.54) is 24.3 Å². The van der Waals surface area contributed by atoms with E-state index in [2.05, 4.69) is 31.9 Å². The van der Waals surface area contributed by atoms with E-state index in [1.54, 1.807) is 24.0 Å². The zero-order chi connectivity index (χ0) is 23.1. The van der Waals surface area contributed by atoms with E-state index in [1.807, 2.05) is 12.3 Å². The van der Waals surface area contributed by atoms with Crippen LogP contribution in [-0.4, -0.2) is 75.5 Å². The van der Waals surface area contributed by atoms with Crippen molar-refractivity contribution >= 4 is 50.8 Å². The number of nitrogens with one attached hydrogen (secondary N) is 2. The summed E-state index contributed by atoms with van der Waals surface area (Å²) in [7, 11) is -1.78. The summed E-state index contributed by atoms with van der Waals surface area (Å²) in [6, 6.07) is 8.57. The van der Waals surface area contributed by atoms with E-state index in [-0.39, 0.29) is 4.90 Å². The van der Waals surface area contributed by atoms with Gasteiger partial charge in [-0.3, -0.25) is 4.79 Å². The molecule has 0 saturated carbocycles. The maximum Gasteiger partial charge on any atom is 0.242 e. The lowest BCUT2D eigenvalue weighted by Crippen LogP contribution is -2.45. The first-order chi connectivity index (χ1) is 15.3. The average Bonchev–Trinajstić information content (AvgIpc) is 2.78. The van der Waals surface area contributed by atoms with Crippen LogP contribution < -0.4 is 14.9 Å². The van der Waals surface area contributed by atoms with Gasteiger partial charge in [0, 0.05) is 31.2 Å². The zero-order valence-corrected chi connectivity index (χ0v) is 20.5. The van der Waals surface area contributed by atoms with Crippen LogP contribution in [0.1, 0.15) is 6.42 Å². The Kier molecular flexibility index (Phi) is 8.78. The number of hydrogen-bond donors (Lipinski definition) is 2. The molecule has 174 valence electrons. The van der Waals surface area contributed by atoms with Crippen LogP contribution in [0.4, 0.5) is 11.5 Å². The summed E-state index contributed by atoms with van der Waals surface area (Å²) < 4.78 is 28.0. The zero-order valence-electron chi connectivity index (χ0n) is 18.1. The Balaban J connectivity index is 1.67. The normalized spacial score (nSPS) is 16.0. The molecule has 1 aromatic heterocycles. The number of piperazine rings is 1. The molecule has 8 nitrogen and oxygen atoms in total. The molecule has 1 fully saturated rings. The minimum absolute atomic E-state index is 0.0575. The minimum atomic E-state index is -3.87. The van der Waals surface area contributed by atoms with E-state index in [4.69, 9.17) is 11.6 Å². The van der Waals surface area contributed by atoms with Crippen molar-refractivity contribution in [2.75, 3.05) is 55.5 Å². The second-order valence-corrected chi connectivity index (χ2v) is 10.7. The summed E-state index contributed by atoms with van der Waals surface area (Å²) >= 11 is 7.39. The fourth-order valence-corrected chi connectivity index (χ4v) is 5.09. The van der Waals surface area contributed by atoms with Gasteiger partial charge in [-0.25, -0.2) is 13.4 Å². The van der Waals surface area contributed by atoms with Crippen molar-refractivity contribution in [1.29, 1.82) is 0 Å². The summed E-state index contributed by atoms with van der Waals surface area (Å²) in [5, 5.41) is 3.22. The van der Waals surface area contributed by atoms with Crippen LogP contribution in [0.5, 0.6) is 0 Å². The SMILES string of the molecule is CSCCC(NS(=O)(=O)c1ccc(Cl)cc1)C(=O)Nc1ccc(N2CCN(C)CC2)nc1. The molecule has 0 bridgehead atoms. The number of pyridine rings is 1. The van der Waals surface area contributed by atoms with Crippen molar-refractivity contribution in [2.45, 2.75) is 17.4 Å². The van der Waals surface area contributed by atoms with Gasteiger partial charge in [-0.15, -0.1) is 0 Å². The molecule has 1 unspecified atom stereocenters. The number of amides is 1. The van der Waals surface area contributed by atoms with Gasteiger partial charge >= 0.3 is 0 Å². The Hall–Kier alpha value is -1.85. The molecule has 2 N–H and O–H groups in total. The molecule has 1 saturated heterocycles. The largest absolute Gasteiger partial charge is 0.354 e. The lowest BCUT2D eigenvalue weighted by molar-refractivity contribution is -0.117. The Bertz CT molecular complexity index is 995. The van der Waals surface area contributed by atoms with Gasteiger partial charge in [-0.1, -0.05) is 11.6 Å². The molecule has 2 aromatic rings. The van der Waals surface area contributed by atoms with Crippen LogP contribution >= 0.6 is 23.4 Å². The maximum atomic E-state index is 12.9. The highest BCUT2D eigenvalue weighted by atomic mass is 35.5. The lowest BCUT2D eigenvalue weighted by atomic mass is 10.2. The summed E-state index contributed by atoms with van der Waals surface area (Å²) in [4.78, 5) is 21.9. The maximum absolute atomic E-state index is 12.9. The molecule has 3 rings (SSSR count). The second-order valence-electron chi connectivity index (χ2n) is 7.59. The highest BCUT2D eigenvalue weighted by molar-refractivity contribution is 7.98. The van der Waals surface area contributed by atoms with E-state index in [9.17, 15) is 13.2 Å². The summed E-state index contributed by atoms with van der Waals surface area (Å²) in [5.74, 6) is 1.06. The molecule has 1 aliphatic rings. The van der Waals surface area contributed by atoms with Crippen molar-refractivity contribution in [3.05, 3.63) is 47.6 Å². The Morgan fingerprint density at radius 3 is 2.44 bits per heavy atom. The monoisotopic (exact) mass is 497 g/mol. The lowest BCUT2D eigenvalue weighted by Gasteiger charge is -2.33. The fourth-order valence-electron chi connectivity index (χ4n) is 3.26. The smallest absolute Gasteiger partial charge is 0.242 e. The number of thioether (sulfide) groups is 1. The van der Waals surface area contributed by atoms with Gasteiger partial charge in [-0.05, 0) is 61.9 Å². The third-order valence-electron chi connectivity index (χ3n) is 5.19. The van der Waals surface area contributed by atoms with E-state index in [0.717, 1.165) is 32.0 Å². The van der Waals surface area contributed by atoms with Gasteiger partial charge in [0.25, 0.3) is 0 Å². The molecule has 1 atom stereocenters. The number of rotatable bonds is 9. The molecule has 32 heavy (non-hydrogen) atoms. The Labute approximate surface area is 198 Å². The number of sulfonamides is 1. The van der Waals surface area contributed by atoms with Crippen molar-refractivity contribution < 1.29 is 13.2 Å². The highest BCUT2D eigenvalue weighted by Gasteiger charge is 2.26. The summed E-state index contributed by atoms with van der Waals surface area (Å²) in [5.41, 5.74) is 0.521.